The topological polar surface area (TPSA) is 99.2 Å². The second kappa shape index (κ2) is 6.43. The molecule has 0 spiro atoms. The van der Waals surface area contributed by atoms with Gasteiger partial charge in [0.25, 0.3) is 5.91 Å². The molecule has 1 amide bonds. The fourth-order valence-corrected chi connectivity index (χ4v) is 2.53. The number of amides is 1. The van der Waals surface area contributed by atoms with Crippen LogP contribution in [0.3, 0.4) is 0 Å². The van der Waals surface area contributed by atoms with E-state index in [2.05, 4.69) is 10.3 Å². The average Bonchev–Trinajstić information content (AvgIpc) is 2.57. The zero-order chi connectivity index (χ0) is 17.3. The summed E-state index contributed by atoms with van der Waals surface area (Å²) in [6, 6.07) is 8.33. The minimum Gasteiger partial charge on any atom is -0.436 e. The largest absolute Gasteiger partial charge is 0.436 e. The van der Waals surface area contributed by atoms with Crippen LogP contribution in [-0.4, -0.2) is 16.0 Å². The molecule has 2 aromatic heterocycles. The number of pyridine rings is 1. The lowest BCUT2D eigenvalue weighted by molar-refractivity contribution is 0.102. The maximum absolute atomic E-state index is 12.5. The predicted octanol–water partition coefficient (Wildman–Crippen LogP) is 3.01. The van der Waals surface area contributed by atoms with Gasteiger partial charge >= 0.3 is 0 Å². The Morgan fingerprint density at radius 3 is 2.88 bits per heavy atom. The molecule has 0 atom stereocenters. The first kappa shape index (κ1) is 16.2. The van der Waals surface area contributed by atoms with E-state index >= 15 is 0 Å². The number of rotatable bonds is 3. The molecule has 0 radical (unpaired) electrons. The molecule has 0 unspecified atom stereocenters. The van der Waals surface area contributed by atoms with E-state index in [-0.39, 0.29) is 17.7 Å². The Balaban J connectivity index is 2.09. The standard InChI is InChI=1S/C17H14ClN3O3/c1-9-15-11(10(8-22)7-20-9)6-12(16(19)24-15)17(23)21-14-5-3-2-4-13(14)18/h2-7,19,22H,8H2,1H3,(H,21,23). The molecule has 3 rings (SSSR count). The van der Waals surface area contributed by atoms with Crippen LogP contribution < -0.4 is 10.9 Å². The van der Waals surface area contributed by atoms with E-state index in [1.807, 2.05) is 0 Å². The molecular formula is C17H14ClN3O3. The highest BCUT2D eigenvalue weighted by atomic mass is 35.5. The van der Waals surface area contributed by atoms with Gasteiger partial charge in [0, 0.05) is 17.1 Å². The number of benzene rings is 1. The van der Waals surface area contributed by atoms with Gasteiger partial charge in [-0.2, -0.15) is 0 Å². The Morgan fingerprint density at radius 1 is 1.42 bits per heavy atom. The first-order valence-electron chi connectivity index (χ1n) is 7.15. The van der Waals surface area contributed by atoms with Crippen molar-refractivity contribution in [2.24, 2.45) is 0 Å². The number of aryl methyl sites for hydroxylation is 1. The Hall–Kier alpha value is -2.70. The number of nitrogens with zero attached hydrogens (tertiary/aromatic N) is 1. The second-order valence-corrected chi connectivity index (χ2v) is 5.60. The highest BCUT2D eigenvalue weighted by molar-refractivity contribution is 6.33. The average molecular weight is 344 g/mol. The predicted molar refractivity (Wildman–Crippen MR) is 89.9 cm³/mol. The van der Waals surface area contributed by atoms with Crippen molar-refractivity contribution in [2.45, 2.75) is 13.5 Å². The summed E-state index contributed by atoms with van der Waals surface area (Å²) in [6.45, 7) is 1.48. The summed E-state index contributed by atoms with van der Waals surface area (Å²) in [4.78, 5) is 16.6. The molecule has 7 heteroatoms. The zero-order valence-electron chi connectivity index (χ0n) is 12.8. The number of hydrogen-bond donors (Lipinski definition) is 3. The number of fused-ring (bicyclic) bond motifs is 1. The van der Waals surface area contributed by atoms with Crippen molar-refractivity contribution in [1.29, 1.82) is 5.41 Å². The molecule has 0 aliphatic rings. The number of para-hydroxylation sites is 1. The fraction of sp³-hybridized carbons (Fsp3) is 0.118. The third-order valence-electron chi connectivity index (χ3n) is 3.61. The molecule has 24 heavy (non-hydrogen) atoms. The molecule has 1 aromatic carbocycles. The van der Waals surface area contributed by atoms with E-state index in [4.69, 9.17) is 21.4 Å². The highest BCUT2D eigenvalue weighted by Crippen LogP contribution is 2.23. The van der Waals surface area contributed by atoms with E-state index in [0.717, 1.165) is 0 Å². The van der Waals surface area contributed by atoms with Gasteiger partial charge in [-0.15, -0.1) is 0 Å². The monoisotopic (exact) mass is 343 g/mol. The van der Waals surface area contributed by atoms with Gasteiger partial charge in [0.1, 0.15) is 5.56 Å². The van der Waals surface area contributed by atoms with Crippen LogP contribution in [0.25, 0.3) is 11.0 Å². The second-order valence-electron chi connectivity index (χ2n) is 5.19. The zero-order valence-corrected chi connectivity index (χ0v) is 13.5. The Morgan fingerprint density at radius 2 is 2.17 bits per heavy atom. The van der Waals surface area contributed by atoms with Gasteiger partial charge in [0.05, 0.1) is 23.0 Å². The van der Waals surface area contributed by atoms with Crippen LogP contribution in [0.1, 0.15) is 21.6 Å². The SMILES string of the molecule is Cc1ncc(CO)c2cc(C(=O)Nc3ccccc3Cl)c(=N)oc12. The summed E-state index contributed by atoms with van der Waals surface area (Å²) in [5.74, 6) is -0.517. The van der Waals surface area contributed by atoms with E-state index in [1.54, 1.807) is 31.2 Å². The number of carbonyl (C=O) groups is 1. The number of aliphatic hydroxyl groups is 1. The van der Waals surface area contributed by atoms with Crippen molar-refractivity contribution in [3.05, 3.63) is 63.9 Å². The maximum Gasteiger partial charge on any atom is 0.261 e. The van der Waals surface area contributed by atoms with Gasteiger partial charge < -0.3 is 14.8 Å². The number of halogens is 1. The molecule has 0 saturated heterocycles. The minimum absolute atomic E-state index is 0.0442. The Bertz CT molecular complexity index is 998. The van der Waals surface area contributed by atoms with E-state index in [1.165, 1.54) is 12.3 Å². The third kappa shape index (κ3) is 2.89. The van der Waals surface area contributed by atoms with Crippen molar-refractivity contribution in [1.82, 2.24) is 4.98 Å². The van der Waals surface area contributed by atoms with Crippen molar-refractivity contribution >= 4 is 34.2 Å². The van der Waals surface area contributed by atoms with Crippen LogP contribution in [0.15, 0.2) is 40.9 Å². The lowest BCUT2D eigenvalue weighted by atomic mass is 10.1. The van der Waals surface area contributed by atoms with E-state index in [0.29, 0.717) is 32.9 Å². The van der Waals surface area contributed by atoms with Crippen LogP contribution in [-0.2, 0) is 6.61 Å². The van der Waals surface area contributed by atoms with Crippen LogP contribution in [0.2, 0.25) is 5.02 Å². The van der Waals surface area contributed by atoms with Crippen molar-refractivity contribution < 1.29 is 14.3 Å². The van der Waals surface area contributed by atoms with E-state index < -0.39 is 5.91 Å². The van der Waals surface area contributed by atoms with Gasteiger partial charge in [-0.25, -0.2) is 0 Å². The summed E-state index contributed by atoms with van der Waals surface area (Å²) < 4.78 is 5.45. The lowest BCUT2D eigenvalue weighted by Crippen LogP contribution is -2.21. The van der Waals surface area contributed by atoms with Crippen LogP contribution in [0.4, 0.5) is 5.69 Å². The molecule has 122 valence electrons. The van der Waals surface area contributed by atoms with Crippen LogP contribution >= 0.6 is 11.6 Å². The quantitative estimate of drug-likeness (QED) is 0.680. The van der Waals surface area contributed by atoms with Gasteiger partial charge in [-0.05, 0) is 25.1 Å². The number of aromatic nitrogens is 1. The molecule has 6 nitrogen and oxygen atoms in total. The summed E-state index contributed by atoms with van der Waals surface area (Å²) in [6.07, 6.45) is 1.52. The molecule has 0 aliphatic heterocycles. The summed E-state index contributed by atoms with van der Waals surface area (Å²) in [7, 11) is 0. The third-order valence-corrected chi connectivity index (χ3v) is 3.94. The Kier molecular flexibility index (Phi) is 4.33. The number of hydrogen-bond acceptors (Lipinski definition) is 5. The van der Waals surface area contributed by atoms with E-state index in [9.17, 15) is 9.90 Å². The summed E-state index contributed by atoms with van der Waals surface area (Å²) in [5.41, 5.74) is 1.67. The van der Waals surface area contributed by atoms with Crippen LogP contribution in [0.5, 0.6) is 0 Å². The van der Waals surface area contributed by atoms with Crippen molar-refractivity contribution in [2.75, 3.05) is 5.32 Å². The molecule has 2 heterocycles. The normalized spacial score (nSPS) is 10.8. The molecular weight excluding hydrogens is 330 g/mol. The van der Waals surface area contributed by atoms with Crippen molar-refractivity contribution in [3.8, 4) is 0 Å². The molecule has 3 N–H and O–H groups in total. The molecule has 0 saturated carbocycles. The minimum atomic E-state index is -0.517. The first-order valence-corrected chi connectivity index (χ1v) is 7.52. The van der Waals surface area contributed by atoms with Gasteiger partial charge in [-0.1, -0.05) is 23.7 Å². The van der Waals surface area contributed by atoms with Crippen molar-refractivity contribution in [3.63, 3.8) is 0 Å². The lowest BCUT2D eigenvalue weighted by Gasteiger charge is -2.09. The molecule has 0 bridgehead atoms. The summed E-state index contributed by atoms with van der Waals surface area (Å²) in [5, 5.41) is 21.0. The molecule has 3 aromatic rings. The molecule has 0 aliphatic carbocycles. The van der Waals surface area contributed by atoms with Gasteiger partial charge in [-0.3, -0.25) is 15.2 Å². The summed E-state index contributed by atoms with van der Waals surface area (Å²) >= 11 is 6.03. The first-order chi connectivity index (χ1) is 11.5. The van der Waals surface area contributed by atoms with Gasteiger partial charge in [0.2, 0.25) is 5.55 Å². The molecule has 0 fully saturated rings. The Labute approximate surface area is 142 Å². The number of aliphatic hydroxyl groups excluding tert-OH is 1. The number of carbonyl (C=O) groups excluding carboxylic acids is 1. The van der Waals surface area contributed by atoms with Crippen LogP contribution in [0, 0.1) is 12.3 Å². The number of nitrogens with one attached hydrogen (secondary N) is 2. The number of anilines is 1. The fourth-order valence-electron chi connectivity index (χ4n) is 2.34. The smallest absolute Gasteiger partial charge is 0.261 e. The highest BCUT2D eigenvalue weighted by Gasteiger charge is 2.16. The maximum atomic E-state index is 12.5. The van der Waals surface area contributed by atoms with Gasteiger partial charge in [0.15, 0.2) is 5.58 Å².